The summed E-state index contributed by atoms with van der Waals surface area (Å²) in [4.78, 5) is 4.18. The van der Waals surface area contributed by atoms with Gasteiger partial charge >= 0.3 is 0 Å². The van der Waals surface area contributed by atoms with Gasteiger partial charge in [-0.3, -0.25) is 4.98 Å². The molecule has 1 aromatic heterocycles. The lowest BCUT2D eigenvalue weighted by atomic mass is 9.90. The Morgan fingerprint density at radius 3 is 2.69 bits per heavy atom. The van der Waals surface area contributed by atoms with Crippen molar-refractivity contribution in [1.82, 2.24) is 4.98 Å². The number of hydrogen-bond acceptors (Lipinski definition) is 3. The van der Waals surface area contributed by atoms with Crippen LogP contribution in [0, 0.1) is 0 Å². The minimum Gasteiger partial charge on any atom is -0.488 e. The number of nitrogens with two attached hydrogens (primary N) is 1. The monoisotopic (exact) mass is 282 g/mol. The van der Waals surface area contributed by atoms with Crippen molar-refractivity contribution >= 4 is 15.9 Å². The molecule has 0 aromatic carbocycles. The van der Waals surface area contributed by atoms with Crippen LogP contribution in [-0.4, -0.2) is 17.1 Å². The summed E-state index contributed by atoms with van der Waals surface area (Å²) < 4.78 is 7.04. The predicted molar refractivity (Wildman–Crippen MR) is 65.5 cm³/mol. The molecule has 1 heterocycles. The van der Waals surface area contributed by atoms with Crippen molar-refractivity contribution in [3.05, 3.63) is 22.4 Å². The zero-order chi connectivity index (χ0) is 11.1. The third-order valence-electron chi connectivity index (χ3n) is 3.31. The fourth-order valence-corrected chi connectivity index (χ4v) is 2.81. The maximum atomic E-state index is 5.96. The number of halogens is 1. The summed E-state index contributed by atoms with van der Waals surface area (Å²) in [5, 5.41) is 0. The van der Waals surface area contributed by atoms with Crippen LogP contribution in [0.5, 0.6) is 5.75 Å². The third-order valence-corrected chi connectivity index (χ3v) is 3.94. The van der Waals surface area contributed by atoms with Gasteiger partial charge in [-0.05, 0) is 47.5 Å². The summed E-state index contributed by atoms with van der Waals surface area (Å²) in [6.45, 7) is 0. The van der Waals surface area contributed by atoms with Crippen molar-refractivity contribution in [3.63, 3.8) is 0 Å². The maximum absolute atomic E-state index is 5.96. The molecule has 2 aliphatic rings. The lowest BCUT2D eigenvalue weighted by Gasteiger charge is -2.33. The van der Waals surface area contributed by atoms with Gasteiger partial charge in [-0.2, -0.15) is 0 Å². The largest absolute Gasteiger partial charge is 0.488 e. The quantitative estimate of drug-likeness (QED) is 0.927. The van der Waals surface area contributed by atoms with Crippen molar-refractivity contribution in [2.45, 2.75) is 43.7 Å². The van der Waals surface area contributed by atoms with E-state index in [0.717, 1.165) is 23.1 Å². The molecule has 0 spiro atoms. The molecular weight excluding hydrogens is 268 g/mol. The van der Waals surface area contributed by atoms with E-state index in [1.165, 1.54) is 18.4 Å². The SMILES string of the molecule is NC1CC(Oc2cncc(Br)c2C2CC2)C1. The van der Waals surface area contributed by atoms with E-state index < -0.39 is 0 Å². The van der Waals surface area contributed by atoms with E-state index in [9.17, 15) is 0 Å². The molecule has 3 nitrogen and oxygen atoms in total. The molecule has 2 aliphatic carbocycles. The first-order chi connectivity index (χ1) is 7.74. The molecule has 2 fully saturated rings. The van der Waals surface area contributed by atoms with Crippen molar-refractivity contribution in [1.29, 1.82) is 0 Å². The van der Waals surface area contributed by atoms with Crippen LogP contribution in [0.25, 0.3) is 0 Å². The Labute approximate surface area is 104 Å². The van der Waals surface area contributed by atoms with Gasteiger partial charge in [0, 0.05) is 22.3 Å². The first-order valence-electron chi connectivity index (χ1n) is 5.79. The Balaban J connectivity index is 1.80. The highest BCUT2D eigenvalue weighted by molar-refractivity contribution is 9.10. The lowest BCUT2D eigenvalue weighted by molar-refractivity contribution is 0.0992. The van der Waals surface area contributed by atoms with E-state index in [1.807, 2.05) is 12.4 Å². The second kappa shape index (κ2) is 4.00. The van der Waals surface area contributed by atoms with Gasteiger partial charge in [0.1, 0.15) is 11.9 Å². The van der Waals surface area contributed by atoms with Gasteiger partial charge in [-0.15, -0.1) is 0 Å². The van der Waals surface area contributed by atoms with Gasteiger partial charge in [-0.25, -0.2) is 0 Å². The Morgan fingerprint density at radius 1 is 1.31 bits per heavy atom. The number of pyridine rings is 1. The Morgan fingerprint density at radius 2 is 2.06 bits per heavy atom. The van der Waals surface area contributed by atoms with Crippen molar-refractivity contribution in [3.8, 4) is 5.75 Å². The summed E-state index contributed by atoms with van der Waals surface area (Å²) in [6.07, 6.45) is 8.46. The van der Waals surface area contributed by atoms with E-state index in [1.54, 1.807) is 0 Å². The van der Waals surface area contributed by atoms with Crippen LogP contribution >= 0.6 is 15.9 Å². The first-order valence-corrected chi connectivity index (χ1v) is 6.59. The second-order valence-electron chi connectivity index (χ2n) is 4.78. The normalized spacial score (nSPS) is 28.6. The fraction of sp³-hybridized carbons (Fsp3) is 0.583. The van der Waals surface area contributed by atoms with E-state index in [4.69, 9.17) is 10.5 Å². The van der Waals surface area contributed by atoms with Crippen LogP contribution < -0.4 is 10.5 Å². The summed E-state index contributed by atoms with van der Waals surface area (Å²) in [5.41, 5.74) is 7.06. The molecular formula is C12H15BrN2O. The summed E-state index contributed by atoms with van der Waals surface area (Å²) in [6, 6.07) is 0.328. The van der Waals surface area contributed by atoms with Gasteiger partial charge in [0.25, 0.3) is 0 Å². The highest BCUT2D eigenvalue weighted by Gasteiger charge is 2.32. The van der Waals surface area contributed by atoms with Crippen LogP contribution in [0.15, 0.2) is 16.9 Å². The van der Waals surface area contributed by atoms with Crippen LogP contribution in [0.4, 0.5) is 0 Å². The molecule has 86 valence electrons. The van der Waals surface area contributed by atoms with Crippen LogP contribution in [-0.2, 0) is 0 Å². The van der Waals surface area contributed by atoms with Crippen molar-refractivity contribution in [2.24, 2.45) is 5.73 Å². The minimum absolute atomic E-state index is 0.295. The molecule has 3 rings (SSSR count). The first kappa shape index (κ1) is 10.5. The molecule has 0 bridgehead atoms. The zero-order valence-corrected chi connectivity index (χ0v) is 10.6. The molecule has 0 unspecified atom stereocenters. The number of hydrogen-bond donors (Lipinski definition) is 1. The molecule has 1 aromatic rings. The number of ether oxygens (including phenoxy) is 1. The van der Waals surface area contributed by atoms with Crippen LogP contribution in [0.1, 0.15) is 37.2 Å². The minimum atomic E-state index is 0.295. The highest BCUT2D eigenvalue weighted by Crippen LogP contribution is 2.47. The van der Waals surface area contributed by atoms with Gasteiger partial charge in [0.15, 0.2) is 0 Å². The van der Waals surface area contributed by atoms with Gasteiger partial charge in [-0.1, -0.05) is 0 Å². The second-order valence-corrected chi connectivity index (χ2v) is 5.63. The molecule has 0 aliphatic heterocycles. The molecule has 0 amide bonds. The van der Waals surface area contributed by atoms with E-state index in [-0.39, 0.29) is 0 Å². The maximum Gasteiger partial charge on any atom is 0.142 e. The number of aromatic nitrogens is 1. The summed E-state index contributed by atoms with van der Waals surface area (Å²) >= 11 is 3.56. The summed E-state index contributed by atoms with van der Waals surface area (Å²) in [7, 11) is 0. The molecule has 2 N–H and O–H groups in total. The van der Waals surface area contributed by atoms with Crippen LogP contribution in [0.2, 0.25) is 0 Å². The van der Waals surface area contributed by atoms with E-state index in [0.29, 0.717) is 18.1 Å². The number of nitrogens with zero attached hydrogens (tertiary/aromatic N) is 1. The Kier molecular flexibility index (Phi) is 2.64. The van der Waals surface area contributed by atoms with Gasteiger partial charge < -0.3 is 10.5 Å². The fourth-order valence-electron chi connectivity index (χ4n) is 2.17. The topological polar surface area (TPSA) is 48.1 Å². The molecule has 0 saturated heterocycles. The molecule has 2 saturated carbocycles. The zero-order valence-electron chi connectivity index (χ0n) is 9.03. The van der Waals surface area contributed by atoms with Gasteiger partial charge in [0.05, 0.1) is 6.20 Å². The highest BCUT2D eigenvalue weighted by atomic mass is 79.9. The summed E-state index contributed by atoms with van der Waals surface area (Å²) in [5.74, 6) is 1.62. The average molecular weight is 283 g/mol. The average Bonchev–Trinajstić information content (AvgIpc) is 2.99. The van der Waals surface area contributed by atoms with Gasteiger partial charge in [0.2, 0.25) is 0 Å². The molecule has 4 heteroatoms. The third kappa shape index (κ3) is 1.96. The molecule has 0 atom stereocenters. The lowest BCUT2D eigenvalue weighted by Crippen LogP contribution is -2.43. The van der Waals surface area contributed by atoms with Crippen molar-refractivity contribution < 1.29 is 4.74 Å². The smallest absolute Gasteiger partial charge is 0.142 e. The molecule has 0 radical (unpaired) electrons. The van der Waals surface area contributed by atoms with Crippen LogP contribution in [0.3, 0.4) is 0 Å². The standard InChI is InChI=1S/C12H15BrN2O/c13-10-5-15-6-11(12(10)7-1-2-7)16-9-3-8(14)4-9/h5-9H,1-4,14H2. The van der Waals surface area contributed by atoms with E-state index >= 15 is 0 Å². The Bertz CT molecular complexity index is 400. The Hall–Kier alpha value is -0.610. The van der Waals surface area contributed by atoms with Crippen molar-refractivity contribution in [2.75, 3.05) is 0 Å². The predicted octanol–water partition coefficient (Wildman–Crippen LogP) is 2.59. The van der Waals surface area contributed by atoms with E-state index in [2.05, 4.69) is 20.9 Å². The number of rotatable bonds is 3. The molecule has 16 heavy (non-hydrogen) atoms.